The fourth-order valence-electron chi connectivity index (χ4n) is 5.96. The Kier molecular flexibility index (Phi) is 6.88. The average molecular weight is 517 g/mol. The molecule has 0 aromatic heterocycles. The van der Waals surface area contributed by atoms with Crippen LogP contribution in [-0.4, -0.2) is 17.3 Å². The van der Waals surface area contributed by atoms with Gasteiger partial charge < -0.3 is 0 Å². The van der Waals surface area contributed by atoms with Crippen LogP contribution >= 0.6 is 0 Å². The molecule has 0 radical (unpaired) electrons. The minimum atomic E-state index is -0.0364. The molecule has 1 aliphatic rings. The van der Waals surface area contributed by atoms with Crippen LogP contribution in [0.25, 0.3) is 17.2 Å². The summed E-state index contributed by atoms with van der Waals surface area (Å²) in [7, 11) is 2.17. The van der Waals surface area contributed by atoms with E-state index in [1.165, 1.54) is 55.9 Å². The Bertz CT molecular complexity index is 1680. The zero-order valence-corrected chi connectivity index (χ0v) is 23.4. The largest absolute Gasteiger partial charge is 0.209 e. The average Bonchev–Trinajstić information content (AvgIpc) is 3.20. The Labute approximate surface area is 238 Å². The second-order valence-electron chi connectivity index (χ2n) is 10.9. The second kappa shape index (κ2) is 10.8. The van der Waals surface area contributed by atoms with E-state index in [-0.39, 0.29) is 5.41 Å². The zero-order valence-electron chi connectivity index (χ0n) is 23.4. The zero-order chi connectivity index (χ0) is 27.5. The van der Waals surface area contributed by atoms with Gasteiger partial charge in [-0.05, 0) is 58.9 Å². The Morgan fingerprint density at radius 2 is 0.925 bits per heavy atom. The van der Waals surface area contributed by atoms with Crippen molar-refractivity contribution in [1.82, 2.24) is 0 Å². The van der Waals surface area contributed by atoms with E-state index in [1.54, 1.807) is 0 Å². The molecule has 0 aliphatic carbocycles. The Morgan fingerprint density at radius 1 is 0.500 bits per heavy atom. The summed E-state index contributed by atoms with van der Waals surface area (Å²) in [5, 5.41) is 0. The molecular weight excluding hydrogens is 482 g/mol. The van der Waals surface area contributed by atoms with E-state index in [0.29, 0.717) is 0 Å². The first-order valence-corrected chi connectivity index (χ1v) is 13.9. The molecule has 0 spiro atoms. The van der Waals surface area contributed by atoms with E-state index in [9.17, 15) is 0 Å². The fourth-order valence-corrected chi connectivity index (χ4v) is 5.96. The van der Waals surface area contributed by atoms with Gasteiger partial charge in [-0.1, -0.05) is 133 Å². The van der Waals surface area contributed by atoms with Gasteiger partial charge in [0.2, 0.25) is 5.69 Å². The maximum Gasteiger partial charge on any atom is 0.209 e. The van der Waals surface area contributed by atoms with Gasteiger partial charge in [0, 0.05) is 17.7 Å². The quantitative estimate of drug-likeness (QED) is 0.156. The molecule has 40 heavy (non-hydrogen) atoms. The predicted molar refractivity (Wildman–Crippen MR) is 170 cm³/mol. The number of rotatable bonds is 6. The van der Waals surface area contributed by atoms with Crippen molar-refractivity contribution < 1.29 is 4.58 Å². The molecule has 0 fully saturated rings. The molecule has 1 heteroatoms. The molecule has 0 bridgehead atoms. The van der Waals surface area contributed by atoms with E-state index < -0.39 is 0 Å². The van der Waals surface area contributed by atoms with Crippen molar-refractivity contribution in [3.05, 3.63) is 179 Å². The summed E-state index contributed by atoms with van der Waals surface area (Å²) in [5.41, 5.74) is 12.4. The molecule has 6 rings (SSSR count). The van der Waals surface area contributed by atoms with Gasteiger partial charge in [0.15, 0.2) is 5.71 Å². The number of para-hydroxylation sites is 1. The van der Waals surface area contributed by atoms with Gasteiger partial charge in [-0.3, -0.25) is 0 Å². The number of hydrogen-bond donors (Lipinski definition) is 0. The molecule has 1 nitrogen and oxygen atoms in total. The minimum Gasteiger partial charge on any atom is -0.198 e. The van der Waals surface area contributed by atoms with Gasteiger partial charge in [-0.25, -0.2) is 0 Å². The highest BCUT2D eigenvalue weighted by atomic mass is 15.0. The summed E-state index contributed by atoms with van der Waals surface area (Å²) in [6.45, 7) is 4.62. The lowest BCUT2D eigenvalue weighted by Gasteiger charge is -2.18. The van der Waals surface area contributed by atoms with Gasteiger partial charge >= 0.3 is 0 Å². The monoisotopic (exact) mass is 516 g/mol. The molecule has 0 N–H and O–H groups in total. The van der Waals surface area contributed by atoms with Crippen LogP contribution in [0.1, 0.15) is 47.2 Å². The lowest BCUT2D eigenvalue weighted by atomic mass is 9.81. The molecule has 0 saturated heterocycles. The molecule has 5 aromatic rings. The maximum atomic E-state index is 2.32. The summed E-state index contributed by atoms with van der Waals surface area (Å²) in [6.07, 6.45) is 4.52. The van der Waals surface area contributed by atoms with Crippen molar-refractivity contribution in [2.75, 3.05) is 7.05 Å². The SMILES string of the molecule is C[N+]1=C(/C=C/c2ccc(C(=C(c3ccccc3)c3ccccc3)c3ccccc3)cc2)C(C)(C)c2ccccc21. The minimum absolute atomic E-state index is 0.0364. The van der Waals surface area contributed by atoms with Crippen molar-refractivity contribution in [3.8, 4) is 0 Å². The standard InChI is InChI=1S/C39H34N/c1-39(2)34-21-13-14-22-35(34)40(3)36(39)28-25-29-23-26-33(27-24-29)38(32-19-11-6-12-20-32)37(30-15-7-4-8-16-30)31-17-9-5-10-18-31/h4-28H,1-3H3/q+1/b28-25+. The van der Waals surface area contributed by atoms with E-state index in [0.717, 1.165) is 0 Å². The van der Waals surface area contributed by atoms with Crippen molar-refractivity contribution in [2.24, 2.45) is 0 Å². The van der Waals surface area contributed by atoms with Crippen molar-refractivity contribution in [2.45, 2.75) is 19.3 Å². The lowest BCUT2D eigenvalue weighted by molar-refractivity contribution is -0.401. The van der Waals surface area contributed by atoms with Gasteiger partial charge in [0.05, 0.1) is 5.41 Å². The van der Waals surface area contributed by atoms with Crippen LogP contribution in [0.3, 0.4) is 0 Å². The molecule has 0 saturated carbocycles. The van der Waals surface area contributed by atoms with Crippen LogP contribution in [-0.2, 0) is 5.41 Å². The van der Waals surface area contributed by atoms with E-state index in [2.05, 4.69) is 177 Å². The maximum absolute atomic E-state index is 2.32. The summed E-state index contributed by atoms with van der Waals surface area (Å²) in [6, 6.07) is 49.9. The third-order valence-corrected chi connectivity index (χ3v) is 8.01. The van der Waals surface area contributed by atoms with Crippen molar-refractivity contribution in [3.63, 3.8) is 0 Å². The molecular formula is C39H34N+. The normalized spacial score (nSPS) is 13.9. The number of benzene rings is 5. The molecule has 1 heterocycles. The Balaban J connectivity index is 1.44. The van der Waals surface area contributed by atoms with Crippen LogP contribution < -0.4 is 0 Å². The summed E-state index contributed by atoms with van der Waals surface area (Å²) >= 11 is 0. The third kappa shape index (κ3) is 4.76. The van der Waals surface area contributed by atoms with E-state index in [4.69, 9.17) is 0 Å². The first-order valence-electron chi connectivity index (χ1n) is 13.9. The molecule has 0 atom stereocenters. The first-order chi connectivity index (χ1) is 19.5. The van der Waals surface area contributed by atoms with Crippen molar-refractivity contribution in [1.29, 1.82) is 0 Å². The topological polar surface area (TPSA) is 3.01 Å². The summed E-state index contributed by atoms with van der Waals surface area (Å²) in [4.78, 5) is 0. The molecule has 0 amide bonds. The Hall–Kier alpha value is -4.75. The molecule has 194 valence electrons. The fraction of sp³-hybridized carbons (Fsp3) is 0.103. The first kappa shape index (κ1) is 25.5. The lowest BCUT2D eigenvalue weighted by Crippen LogP contribution is -2.26. The van der Waals surface area contributed by atoms with Gasteiger partial charge in [-0.15, -0.1) is 0 Å². The highest BCUT2D eigenvalue weighted by Crippen LogP contribution is 2.40. The summed E-state index contributed by atoms with van der Waals surface area (Å²) < 4.78 is 2.32. The van der Waals surface area contributed by atoms with Crippen LogP contribution in [0.15, 0.2) is 146 Å². The van der Waals surface area contributed by atoms with Gasteiger partial charge in [0.1, 0.15) is 7.05 Å². The van der Waals surface area contributed by atoms with Crippen molar-refractivity contribution >= 4 is 28.6 Å². The molecule has 1 aliphatic heterocycles. The third-order valence-electron chi connectivity index (χ3n) is 8.01. The van der Waals surface area contributed by atoms with E-state index in [1.807, 2.05) is 0 Å². The van der Waals surface area contributed by atoms with Crippen LogP contribution in [0.4, 0.5) is 5.69 Å². The highest BCUT2D eigenvalue weighted by Gasteiger charge is 2.42. The van der Waals surface area contributed by atoms with Crippen LogP contribution in [0, 0.1) is 0 Å². The Morgan fingerprint density at radius 3 is 1.40 bits per heavy atom. The number of nitrogens with zero attached hydrogens (tertiary/aromatic N) is 1. The summed E-state index contributed by atoms with van der Waals surface area (Å²) in [5.74, 6) is 0. The number of hydrogen-bond acceptors (Lipinski definition) is 0. The number of allylic oxidation sites excluding steroid dienone is 1. The van der Waals surface area contributed by atoms with Crippen LogP contribution in [0.5, 0.6) is 0 Å². The predicted octanol–water partition coefficient (Wildman–Crippen LogP) is 9.41. The second-order valence-corrected chi connectivity index (χ2v) is 10.9. The molecule has 5 aromatic carbocycles. The highest BCUT2D eigenvalue weighted by molar-refractivity contribution is 6.06. The van der Waals surface area contributed by atoms with Crippen LogP contribution in [0.2, 0.25) is 0 Å². The molecule has 0 unspecified atom stereocenters. The van der Waals surface area contributed by atoms with E-state index >= 15 is 0 Å². The number of fused-ring (bicyclic) bond motifs is 1. The smallest absolute Gasteiger partial charge is 0.198 e. The van der Waals surface area contributed by atoms with Gasteiger partial charge in [0.25, 0.3) is 0 Å². The van der Waals surface area contributed by atoms with Gasteiger partial charge in [-0.2, -0.15) is 4.58 Å².